The molecule has 4 aliphatic rings. The van der Waals surface area contributed by atoms with Gasteiger partial charge in [-0.3, -0.25) is 4.79 Å². The number of carbonyl (C=O) groups is 1. The minimum Gasteiger partial charge on any atom is -0.458 e. The second-order valence-corrected chi connectivity index (χ2v) is 8.97. The van der Waals surface area contributed by atoms with Crippen LogP contribution in [0, 0.1) is 34.5 Å². The summed E-state index contributed by atoms with van der Waals surface area (Å²) in [6.45, 7) is 8.38. The van der Waals surface area contributed by atoms with Gasteiger partial charge in [0.2, 0.25) is 0 Å². The highest BCUT2D eigenvalue weighted by atomic mass is 16.6. The molecule has 3 bridgehead atoms. The molecule has 0 N–H and O–H groups in total. The van der Waals surface area contributed by atoms with Gasteiger partial charge in [0.25, 0.3) is 0 Å². The van der Waals surface area contributed by atoms with Crippen molar-refractivity contribution in [3.05, 3.63) is 0 Å². The Morgan fingerprint density at radius 3 is 2.60 bits per heavy atom. The lowest BCUT2D eigenvalue weighted by Crippen LogP contribution is -2.53. The first kappa shape index (κ1) is 13.2. The van der Waals surface area contributed by atoms with Gasteiger partial charge in [-0.15, -0.1) is 0 Å². The molecule has 0 aromatic heterocycles. The van der Waals surface area contributed by atoms with Crippen LogP contribution >= 0.6 is 0 Å². The Morgan fingerprint density at radius 2 is 1.90 bits per heavy atom. The lowest BCUT2D eigenvalue weighted by molar-refractivity contribution is -0.189. The zero-order valence-corrected chi connectivity index (χ0v) is 13.4. The zero-order valence-electron chi connectivity index (χ0n) is 13.4. The molecule has 2 heteroatoms. The predicted octanol–water partition coefficient (Wildman–Crippen LogP) is 4.18. The van der Waals surface area contributed by atoms with Crippen molar-refractivity contribution in [1.29, 1.82) is 0 Å². The van der Waals surface area contributed by atoms with Crippen LogP contribution in [0.4, 0.5) is 0 Å². The summed E-state index contributed by atoms with van der Waals surface area (Å²) in [5, 5.41) is 0. The third-order valence-corrected chi connectivity index (χ3v) is 7.81. The van der Waals surface area contributed by atoms with Gasteiger partial charge < -0.3 is 4.74 Å². The highest BCUT2D eigenvalue weighted by molar-refractivity contribution is 5.76. The molecule has 4 rings (SSSR count). The van der Waals surface area contributed by atoms with Crippen molar-refractivity contribution in [2.24, 2.45) is 34.5 Å². The van der Waals surface area contributed by atoms with Crippen LogP contribution in [-0.4, -0.2) is 11.6 Å². The first-order chi connectivity index (χ1) is 9.32. The first-order valence-corrected chi connectivity index (χ1v) is 8.55. The Morgan fingerprint density at radius 1 is 1.20 bits per heavy atom. The summed E-state index contributed by atoms with van der Waals surface area (Å²) >= 11 is 0. The zero-order chi connectivity index (χ0) is 14.3. The summed E-state index contributed by atoms with van der Waals surface area (Å²) in [5.74, 6) is 3.22. The van der Waals surface area contributed by atoms with Gasteiger partial charge in [0, 0.05) is 5.92 Å². The highest BCUT2D eigenvalue weighted by Gasteiger charge is 2.75. The fourth-order valence-electron chi connectivity index (χ4n) is 6.22. The molecule has 6 unspecified atom stereocenters. The lowest BCUT2D eigenvalue weighted by Gasteiger charge is -2.53. The van der Waals surface area contributed by atoms with Crippen LogP contribution in [0.1, 0.15) is 66.2 Å². The Balaban J connectivity index is 1.61. The Kier molecular flexibility index (Phi) is 2.38. The fourth-order valence-corrected chi connectivity index (χ4v) is 6.22. The summed E-state index contributed by atoms with van der Waals surface area (Å²) in [4.78, 5) is 12.6. The van der Waals surface area contributed by atoms with Gasteiger partial charge in [0.05, 0.1) is 5.41 Å². The number of carbonyl (C=O) groups excluding carboxylic acids is 1. The Labute approximate surface area is 122 Å². The van der Waals surface area contributed by atoms with Crippen molar-refractivity contribution in [1.82, 2.24) is 0 Å². The summed E-state index contributed by atoms with van der Waals surface area (Å²) in [6.07, 6.45) is 7.73. The molecule has 6 atom stereocenters. The van der Waals surface area contributed by atoms with Gasteiger partial charge >= 0.3 is 5.97 Å². The van der Waals surface area contributed by atoms with E-state index in [1.54, 1.807) is 0 Å². The largest absolute Gasteiger partial charge is 0.458 e. The summed E-state index contributed by atoms with van der Waals surface area (Å²) < 4.78 is 6.23. The molecule has 0 aromatic rings. The smallest absolute Gasteiger partial charge is 0.312 e. The number of hydrogen-bond acceptors (Lipinski definition) is 2. The van der Waals surface area contributed by atoms with E-state index in [0.29, 0.717) is 17.3 Å². The van der Waals surface area contributed by atoms with Gasteiger partial charge in [0.1, 0.15) is 5.60 Å². The third-order valence-electron chi connectivity index (χ3n) is 7.81. The first-order valence-electron chi connectivity index (χ1n) is 8.55. The van der Waals surface area contributed by atoms with Gasteiger partial charge in [-0.05, 0) is 82.5 Å². The molecular weight excluding hydrogens is 248 g/mol. The second kappa shape index (κ2) is 3.62. The van der Waals surface area contributed by atoms with E-state index in [-0.39, 0.29) is 17.0 Å². The van der Waals surface area contributed by atoms with Crippen LogP contribution in [0.2, 0.25) is 0 Å². The Hall–Kier alpha value is -0.530. The van der Waals surface area contributed by atoms with E-state index in [9.17, 15) is 4.79 Å². The van der Waals surface area contributed by atoms with Crippen LogP contribution < -0.4 is 0 Å². The van der Waals surface area contributed by atoms with Crippen LogP contribution in [0.3, 0.4) is 0 Å². The van der Waals surface area contributed by atoms with E-state index in [0.717, 1.165) is 18.3 Å². The normalized spacial score (nSPS) is 51.8. The number of ether oxygens (including phenoxy) is 1. The maximum atomic E-state index is 12.6. The number of rotatable bonds is 3. The molecule has 4 saturated carbocycles. The number of esters is 1. The molecule has 20 heavy (non-hydrogen) atoms. The highest BCUT2D eigenvalue weighted by Crippen LogP contribution is 2.78. The predicted molar refractivity (Wildman–Crippen MR) is 78.0 cm³/mol. The summed E-state index contributed by atoms with van der Waals surface area (Å²) in [5.41, 5.74) is 0.0910. The number of hydrogen-bond donors (Lipinski definition) is 0. The molecule has 0 saturated heterocycles. The van der Waals surface area contributed by atoms with Crippen LogP contribution in [0.15, 0.2) is 0 Å². The molecule has 4 aliphatic carbocycles. The lowest BCUT2D eigenvalue weighted by atomic mass is 9.54. The summed E-state index contributed by atoms with van der Waals surface area (Å²) in [6, 6.07) is 0. The summed E-state index contributed by atoms with van der Waals surface area (Å²) in [7, 11) is 0. The molecule has 4 fully saturated rings. The molecule has 112 valence electrons. The third kappa shape index (κ3) is 1.34. The maximum Gasteiger partial charge on any atom is 0.312 e. The SMILES string of the molecule is CCC(C)(C)C(=O)OC1(C)C2CC3CC4CC1C4(C3)C2. The minimum absolute atomic E-state index is 0.0331. The molecule has 0 heterocycles. The van der Waals surface area contributed by atoms with Crippen LogP contribution in [0.5, 0.6) is 0 Å². The molecule has 0 radical (unpaired) electrons. The van der Waals surface area contributed by atoms with Gasteiger partial charge in [-0.25, -0.2) is 0 Å². The fraction of sp³-hybridized carbons (Fsp3) is 0.944. The molecule has 2 nitrogen and oxygen atoms in total. The van der Waals surface area contributed by atoms with E-state index >= 15 is 0 Å². The van der Waals surface area contributed by atoms with Crippen LogP contribution in [-0.2, 0) is 9.53 Å². The van der Waals surface area contributed by atoms with E-state index in [1.165, 1.54) is 32.1 Å². The van der Waals surface area contributed by atoms with Crippen LogP contribution in [0.25, 0.3) is 0 Å². The molecule has 0 amide bonds. The minimum atomic E-state index is -0.334. The second-order valence-electron chi connectivity index (χ2n) is 8.97. The van der Waals surface area contributed by atoms with Crippen molar-refractivity contribution in [2.75, 3.05) is 0 Å². The van der Waals surface area contributed by atoms with Crippen molar-refractivity contribution in [3.8, 4) is 0 Å². The monoisotopic (exact) mass is 276 g/mol. The van der Waals surface area contributed by atoms with E-state index in [2.05, 4.69) is 13.8 Å². The van der Waals surface area contributed by atoms with E-state index in [4.69, 9.17) is 4.74 Å². The molecule has 0 aromatic carbocycles. The quantitative estimate of drug-likeness (QED) is 0.723. The molecular formula is C18H28O2. The van der Waals surface area contributed by atoms with Gasteiger partial charge in [-0.1, -0.05) is 6.92 Å². The van der Waals surface area contributed by atoms with Crippen molar-refractivity contribution < 1.29 is 9.53 Å². The van der Waals surface area contributed by atoms with Crippen molar-refractivity contribution >= 4 is 5.97 Å². The van der Waals surface area contributed by atoms with Crippen molar-refractivity contribution in [3.63, 3.8) is 0 Å². The Bertz CT molecular complexity index is 468. The van der Waals surface area contributed by atoms with E-state index < -0.39 is 0 Å². The van der Waals surface area contributed by atoms with E-state index in [1.807, 2.05) is 13.8 Å². The van der Waals surface area contributed by atoms with Crippen molar-refractivity contribution in [2.45, 2.75) is 71.8 Å². The average molecular weight is 276 g/mol. The molecule has 0 aliphatic heterocycles. The van der Waals surface area contributed by atoms with Gasteiger partial charge in [0.15, 0.2) is 0 Å². The van der Waals surface area contributed by atoms with Gasteiger partial charge in [-0.2, -0.15) is 0 Å². The maximum absolute atomic E-state index is 12.6. The standard InChI is InChI=1S/C18H28O2/c1-5-16(2,3)15(19)20-17(4)13-7-11-6-12-8-14(17)18(12,9-11)10-13/h11-14H,5-10H2,1-4H3. The molecule has 1 spiro atoms. The average Bonchev–Trinajstić information content (AvgIpc) is 2.65. The number of fused-ring (bicyclic) bond motifs is 2. The topological polar surface area (TPSA) is 26.3 Å².